The first-order chi connectivity index (χ1) is 5.65. The van der Waals surface area contributed by atoms with Gasteiger partial charge in [0.05, 0.1) is 0 Å². The van der Waals surface area contributed by atoms with Crippen molar-refractivity contribution in [3.05, 3.63) is 29.3 Å². The summed E-state index contributed by atoms with van der Waals surface area (Å²) in [5.41, 5.74) is 2.53. The first-order valence-electron chi connectivity index (χ1n) is 4.44. The molecule has 1 heteroatoms. The molecule has 1 atom stereocenters. The summed E-state index contributed by atoms with van der Waals surface area (Å²) in [6.07, 6.45) is 1.12. The Morgan fingerprint density at radius 3 is 2.67 bits per heavy atom. The number of phenolic OH excluding ortho intramolecular Hbond substituents is 1. The molecule has 0 bridgehead atoms. The molecule has 1 rings (SSSR count). The number of rotatable bonds is 2. The predicted octanol–water partition coefficient (Wildman–Crippen LogP) is 3.21. The Morgan fingerprint density at radius 2 is 2.08 bits per heavy atom. The molecule has 0 aliphatic carbocycles. The van der Waals surface area contributed by atoms with Crippen LogP contribution in [0, 0.1) is 6.92 Å². The Balaban J connectivity index is 3.04. The number of aromatic hydroxyl groups is 1. The summed E-state index contributed by atoms with van der Waals surface area (Å²) in [6.45, 7) is 6.43. The fourth-order valence-electron chi connectivity index (χ4n) is 1.38. The van der Waals surface area contributed by atoms with Crippen molar-refractivity contribution >= 4 is 0 Å². The Morgan fingerprint density at radius 1 is 1.42 bits per heavy atom. The lowest BCUT2D eigenvalue weighted by atomic mass is 9.94. The van der Waals surface area contributed by atoms with Crippen LogP contribution in [0.1, 0.15) is 37.3 Å². The van der Waals surface area contributed by atoms with Gasteiger partial charge in [-0.1, -0.05) is 19.9 Å². The SMILES string of the molecule is CCC(C)c1cc(O)ccc1C. The first-order valence-corrected chi connectivity index (χ1v) is 4.44. The minimum atomic E-state index is 0.371. The molecule has 66 valence electrons. The smallest absolute Gasteiger partial charge is 0.115 e. The van der Waals surface area contributed by atoms with Crippen LogP contribution in [0.15, 0.2) is 18.2 Å². The van der Waals surface area contributed by atoms with Gasteiger partial charge in [-0.25, -0.2) is 0 Å². The lowest BCUT2D eigenvalue weighted by Gasteiger charge is -2.12. The number of hydrogen-bond donors (Lipinski definition) is 1. The lowest BCUT2D eigenvalue weighted by Crippen LogP contribution is -1.94. The molecule has 0 aliphatic heterocycles. The zero-order valence-corrected chi connectivity index (χ0v) is 7.96. The summed E-state index contributed by atoms with van der Waals surface area (Å²) in [6, 6.07) is 5.57. The third-order valence-corrected chi connectivity index (χ3v) is 2.41. The van der Waals surface area contributed by atoms with Crippen molar-refractivity contribution in [2.45, 2.75) is 33.1 Å². The largest absolute Gasteiger partial charge is 0.508 e. The van der Waals surface area contributed by atoms with Crippen LogP contribution in [0.25, 0.3) is 0 Å². The van der Waals surface area contributed by atoms with Crippen molar-refractivity contribution in [2.24, 2.45) is 0 Å². The summed E-state index contributed by atoms with van der Waals surface area (Å²) in [5.74, 6) is 0.910. The lowest BCUT2D eigenvalue weighted by molar-refractivity contribution is 0.473. The molecule has 0 heterocycles. The molecule has 0 saturated carbocycles. The predicted molar refractivity (Wildman–Crippen MR) is 51.5 cm³/mol. The molecule has 1 unspecified atom stereocenters. The molecular weight excluding hydrogens is 148 g/mol. The second-order valence-corrected chi connectivity index (χ2v) is 3.35. The van der Waals surface area contributed by atoms with E-state index in [1.54, 1.807) is 6.07 Å². The topological polar surface area (TPSA) is 20.2 Å². The van der Waals surface area contributed by atoms with Crippen molar-refractivity contribution < 1.29 is 5.11 Å². The van der Waals surface area contributed by atoms with Gasteiger partial charge in [0.2, 0.25) is 0 Å². The Bertz CT molecular complexity index is 266. The van der Waals surface area contributed by atoms with Crippen LogP contribution in [0.5, 0.6) is 5.75 Å². The van der Waals surface area contributed by atoms with Crippen molar-refractivity contribution in [2.75, 3.05) is 0 Å². The standard InChI is InChI=1S/C11H16O/c1-4-8(2)11-7-10(12)6-5-9(11)3/h5-8,12H,4H2,1-3H3. The average Bonchev–Trinajstić information content (AvgIpc) is 2.08. The summed E-state index contributed by atoms with van der Waals surface area (Å²) < 4.78 is 0. The van der Waals surface area contributed by atoms with Gasteiger partial charge < -0.3 is 5.11 Å². The van der Waals surface area contributed by atoms with Crippen molar-refractivity contribution in [3.8, 4) is 5.75 Å². The van der Waals surface area contributed by atoms with Gasteiger partial charge in [-0.2, -0.15) is 0 Å². The highest BCUT2D eigenvalue weighted by atomic mass is 16.3. The van der Waals surface area contributed by atoms with E-state index in [0.29, 0.717) is 11.7 Å². The molecule has 0 saturated heterocycles. The molecule has 1 aromatic rings. The highest BCUT2D eigenvalue weighted by molar-refractivity contribution is 5.35. The van der Waals surface area contributed by atoms with E-state index in [1.165, 1.54) is 11.1 Å². The molecule has 1 nitrogen and oxygen atoms in total. The van der Waals surface area contributed by atoms with E-state index in [4.69, 9.17) is 0 Å². The average molecular weight is 164 g/mol. The van der Waals surface area contributed by atoms with Crippen LogP contribution in [-0.2, 0) is 0 Å². The number of hydrogen-bond acceptors (Lipinski definition) is 1. The third-order valence-electron chi connectivity index (χ3n) is 2.41. The maximum atomic E-state index is 9.28. The van der Waals surface area contributed by atoms with Gasteiger partial charge in [0.15, 0.2) is 0 Å². The van der Waals surface area contributed by atoms with Gasteiger partial charge in [-0.3, -0.25) is 0 Å². The molecule has 0 fully saturated rings. The van der Waals surface area contributed by atoms with Crippen LogP contribution < -0.4 is 0 Å². The summed E-state index contributed by atoms with van der Waals surface area (Å²) in [7, 11) is 0. The van der Waals surface area contributed by atoms with Crippen molar-refractivity contribution in [3.63, 3.8) is 0 Å². The maximum Gasteiger partial charge on any atom is 0.115 e. The van der Waals surface area contributed by atoms with Crippen molar-refractivity contribution in [1.29, 1.82) is 0 Å². The first kappa shape index (κ1) is 9.11. The Hall–Kier alpha value is -0.980. The van der Waals surface area contributed by atoms with E-state index < -0.39 is 0 Å². The molecule has 0 amide bonds. The van der Waals surface area contributed by atoms with E-state index in [0.717, 1.165) is 6.42 Å². The summed E-state index contributed by atoms with van der Waals surface area (Å²) in [4.78, 5) is 0. The minimum Gasteiger partial charge on any atom is -0.508 e. The van der Waals surface area contributed by atoms with Gasteiger partial charge in [0.1, 0.15) is 5.75 Å². The normalized spacial score (nSPS) is 12.9. The van der Waals surface area contributed by atoms with Crippen LogP contribution in [-0.4, -0.2) is 5.11 Å². The van der Waals surface area contributed by atoms with Crippen LogP contribution in [0.4, 0.5) is 0 Å². The molecule has 0 aromatic heterocycles. The molecular formula is C11H16O. The summed E-state index contributed by atoms with van der Waals surface area (Å²) in [5, 5.41) is 9.28. The maximum absolute atomic E-state index is 9.28. The van der Waals surface area contributed by atoms with E-state index in [9.17, 15) is 5.11 Å². The zero-order chi connectivity index (χ0) is 9.14. The number of benzene rings is 1. The van der Waals surface area contributed by atoms with Crippen molar-refractivity contribution in [1.82, 2.24) is 0 Å². The highest BCUT2D eigenvalue weighted by Gasteiger charge is 2.06. The van der Waals surface area contributed by atoms with E-state index in [2.05, 4.69) is 20.8 Å². The van der Waals surface area contributed by atoms with E-state index in [-0.39, 0.29) is 0 Å². The van der Waals surface area contributed by atoms with Gasteiger partial charge >= 0.3 is 0 Å². The van der Waals surface area contributed by atoms with Crippen LogP contribution in [0.2, 0.25) is 0 Å². The summed E-state index contributed by atoms with van der Waals surface area (Å²) >= 11 is 0. The molecule has 1 aromatic carbocycles. The number of aryl methyl sites for hydroxylation is 1. The second kappa shape index (κ2) is 3.61. The second-order valence-electron chi connectivity index (χ2n) is 3.35. The van der Waals surface area contributed by atoms with Crippen LogP contribution in [0.3, 0.4) is 0 Å². The van der Waals surface area contributed by atoms with E-state index >= 15 is 0 Å². The van der Waals surface area contributed by atoms with Gasteiger partial charge in [0.25, 0.3) is 0 Å². The fourth-order valence-corrected chi connectivity index (χ4v) is 1.38. The Kier molecular flexibility index (Phi) is 2.74. The van der Waals surface area contributed by atoms with Gasteiger partial charge in [-0.15, -0.1) is 0 Å². The molecule has 12 heavy (non-hydrogen) atoms. The third kappa shape index (κ3) is 1.79. The molecule has 1 N–H and O–H groups in total. The Labute approximate surface area is 74.1 Å². The van der Waals surface area contributed by atoms with E-state index in [1.807, 2.05) is 12.1 Å². The minimum absolute atomic E-state index is 0.371. The number of phenols is 1. The zero-order valence-electron chi connectivity index (χ0n) is 7.96. The van der Waals surface area contributed by atoms with Crippen LogP contribution >= 0.6 is 0 Å². The monoisotopic (exact) mass is 164 g/mol. The fraction of sp³-hybridized carbons (Fsp3) is 0.455. The quantitative estimate of drug-likeness (QED) is 0.711. The molecule has 0 spiro atoms. The molecule has 0 radical (unpaired) electrons. The highest BCUT2D eigenvalue weighted by Crippen LogP contribution is 2.25. The van der Waals surface area contributed by atoms with Gasteiger partial charge in [-0.05, 0) is 42.5 Å². The van der Waals surface area contributed by atoms with Gasteiger partial charge in [0, 0.05) is 0 Å². The molecule has 0 aliphatic rings.